The highest BCUT2D eigenvalue weighted by molar-refractivity contribution is 5.91. The van der Waals surface area contributed by atoms with Crippen molar-refractivity contribution < 1.29 is 33.8 Å². The molecule has 0 saturated heterocycles. The van der Waals surface area contributed by atoms with Gasteiger partial charge in [-0.05, 0) is 87.0 Å². The monoisotopic (exact) mass is 544 g/mol. The molecule has 216 valence electrons. The van der Waals surface area contributed by atoms with E-state index in [0.29, 0.717) is 37.0 Å². The maximum absolute atomic E-state index is 12.8. The lowest BCUT2D eigenvalue weighted by Gasteiger charge is -2.57. The van der Waals surface area contributed by atoms with Crippen molar-refractivity contribution in [2.24, 2.45) is 46.0 Å². The molecule has 0 aromatic carbocycles. The quantitative estimate of drug-likeness (QED) is 0.431. The number of ether oxygens (including phenoxy) is 2. The summed E-state index contributed by atoms with van der Waals surface area (Å²) in [4.78, 5) is 49.2. The van der Waals surface area contributed by atoms with E-state index in [2.05, 4.69) is 13.8 Å². The SMILES string of the molecule is CC12CCC(=O)C=C1CCC1C2CCC2(C)C(OC(=O)CCC(=O)OC3CCC(N)C(O)C3C(N)=O)CCC12. The fourth-order valence-corrected chi connectivity index (χ4v) is 9.03. The minimum atomic E-state index is -1.17. The van der Waals surface area contributed by atoms with Gasteiger partial charge in [-0.1, -0.05) is 19.4 Å². The maximum Gasteiger partial charge on any atom is 0.306 e. The lowest BCUT2D eigenvalue weighted by Crippen LogP contribution is -2.55. The van der Waals surface area contributed by atoms with Gasteiger partial charge >= 0.3 is 11.9 Å². The second-order valence-corrected chi connectivity index (χ2v) is 13.3. The Morgan fingerprint density at radius 1 is 0.949 bits per heavy atom. The minimum Gasteiger partial charge on any atom is -0.462 e. The van der Waals surface area contributed by atoms with E-state index < -0.39 is 42.0 Å². The number of hydrogen-bond acceptors (Lipinski definition) is 8. The van der Waals surface area contributed by atoms with Gasteiger partial charge in [0.25, 0.3) is 0 Å². The molecule has 10 unspecified atom stereocenters. The van der Waals surface area contributed by atoms with E-state index in [-0.39, 0.29) is 35.6 Å². The van der Waals surface area contributed by atoms with E-state index in [1.54, 1.807) is 0 Å². The van der Waals surface area contributed by atoms with Crippen molar-refractivity contribution in [2.75, 3.05) is 0 Å². The van der Waals surface area contributed by atoms with Crippen molar-refractivity contribution in [1.29, 1.82) is 0 Å². The molecule has 5 rings (SSSR count). The molecule has 0 aromatic rings. The fourth-order valence-electron chi connectivity index (χ4n) is 9.03. The van der Waals surface area contributed by atoms with E-state index in [0.717, 1.165) is 44.9 Å². The molecule has 5 N–H and O–H groups in total. The normalized spacial score (nSPS) is 43.4. The Labute approximate surface area is 230 Å². The number of nitrogens with two attached hydrogens (primary N) is 2. The Balaban J connectivity index is 1.15. The van der Waals surface area contributed by atoms with Gasteiger partial charge in [-0.25, -0.2) is 0 Å². The molecule has 0 radical (unpaired) electrons. The minimum absolute atomic E-state index is 0.0783. The third kappa shape index (κ3) is 5.05. The summed E-state index contributed by atoms with van der Waals surface area (Å²) < 4.78 is 11.4. The van der Waals surface area contributed by atoms with Crippen molar-refractivity contribution >= 4 is 23.6 Å². The van der Waals surface area contributed by atoms with Gasteiger partial charge in [-0.15, -0.1) is 0 Å². The number of aliphatic hydroxyl groups is 1. The summed E-state index contributed by atoms with van der Waals surface area (Å²) in [7, 11) is 0. The van der Waals surface area contributed by atoms with Gasteiger partial charge in [0.2, 0.25) is 5.91 Å². The molecule has 0 aromatic heterocycles. The predicted octanol–water partition coefficient (Wildman–Crippen LogP) is 2.71. The van der Waals surface area contributed by atoms with Crippen LogP contribution in [-0.4, -0.2) is 53.1 Å². The zero-order chi connectivity index (χ0) is 28.1. The third-order valence-corrected chi connectivity index (χ3v) is 11.3. The first-order valence-corrected chi connectivity index (χ1v) is 14.8. The number of rotatable bonds is 6. The first kappa shape index (κ1) is 28.3. The van der Waals surface area contributed by atoms with Crippen LogP contribution in [0.4, 0.5) is 0 Å². The third-order valence-electron chi connectivity index (χ3n) is 11.3. The highest BCUT2D eigenvalue weighted by Crippen LogP contribution is 2.65. The van der Waals surface area contributed by atoms with Crippen molar-refractivity contribution in [3.8, 4) is 0 Å². The van der Waals surface area contributed by atoms with Crippen molar-refractivity contribution in [3.05, 3.63) is 11.6 Å². The van der Waals surface area contributed by atoms with E-state index in [9.17, 15) is 24.3 Å². The number of amides is 1. The molecule has 0 heterocycles. The van der Waals surface area contributed by atoms with Crippen LogP contribution in [0.5, 0.6) is 0 Å². The molecule has 5 aliphatic carbocycles. The Bertz CT molecular complexity index is 1060. The molecule has 1 amide bonds. The maximum atomic E-state index is 12.8. The number of carbonyl (C=O) groups excluding carboxylic acids is 4. The molecular weight excluding hydrogens is 500 g/mol. The highest BCUT2D eigenvalue weighted by atomic mass is 16.6. The molecule has 4 fully saturated rings. The summed E-state index contributed by atoms with van der Waals surface area (Å²) in [5, 5.41) is 10.2. The van der Waals surface area contributed by atoms with Crippen LogP contribution in [0.3, 0.4) is 0 Å². The Morgan fingerprint density at radius 2 is 1.67 bits per heavy atom. The summed E-state index contributed by atoms with van der Waals surface area (Å²) in [5.74, 6) is -0.934. The largest absolute Gasteiger partial charge is 0.462 e. The Kier molecular flexibility index (Phi) is 7.70. The number of hydrogen-bond donors (Lipinski definition) is 3. The number of primary amides is 1. The van der Waals surface area contributed by atoms with Gasteiger partial charge < -0.3 is 26.0 Å². The molecular formula is C30H44N2O7. The van der Waals surface area contributed by atoms with Gasteiger partial charge in [-0.3, -0.25) is 19.2 Å². The first-order valence-electron chi connectivity index (χ1n) is 14.8. The van der Waals surface area contributed by atoms with Crippen LogP contribution >= 0.6 is 0 Å². The number of allylic oxidation sites excluding steroid dienone is 1. The number of esters is 2. The topological polar surface area (TPSA) is 159 Å². The fraction of sp³-hybridized carbons (Fsp3) is 0.800. The molecule has 0 bridgehead atoms. The summed E-state index contributed by atoms with van der Waals surface area (Å²) >= 11 is 0. The highest BCUT2D eigenvalue weighted by Gasteiger charge is 2.60. The van der Waals surface area contributed by atoms with Crippen LogP contribution in [0.25, 0.3) is 0 Å². The number of aliphatic hydroxyl groups excluding tert-OH is 1. The molecule has 5 aliphatic rings. The smallest absolute Gasteiger partial charge is 0.306 e. The summed E-state index contributed by atoms with van der Waals surface area (Å²) in [5.41, 5.74) is 12.6. The Hall–Kier alpha value is -2.26. The predicted molar refractivity (Wildman–Crippen MR) is 142 cm³/mol. The van der Waals surface area contributed by atoms with Crippen LogP contribution < -0.4 is 11.5 Å². The van der Waals surface area contributed by atoms with Crippen molar-refractivity contribution in [3.63, 3.8) is 0 Å². The van der Waals surface area contributed by atoms with E-state index in [4.69, 9.17) is 20.9 Å². The second-order valence-electron chi connectivity index (χ2n) is 13.3. The zero-order valence-electron chi connectivity index (χ0n) is 23.2. The number of carbonyl (C=O) groups is 4. The lowest BCUT2D eigenvalue weighted by molar-refractivity contribution is -0.167. The average molecular weight is 545 g/mol. The van der Waals surface area contributed by atoms with Crippen molar-refractivity contribution in [1.82, 2.24) is 0 Å². The molecule has 9 nitrogen and oxygen atoms in total. The van der Waals surface area contributed by atoms with E-state index >= 15 is 0 Å². The molecule has 4 saturated carbocycles. The van der Waals surface area contributed by atoms with Gasteiger partial charge in [0.05, 0.1) is 18.9 Å². The average Bonchev–Trinajstić information content (AvgIpc) is 3.21. The molecule has 0 aliphatic heterocycles. The Morgan fingerprint density at radius 3 is 2.38 bits per heavy atom. The van der Waals surface area contributed by atoms with Gasteiger partial charge in [0.15, 0.2) is 5.78 Å². The van der Waals surface area contributed by atoms with Crippen LogP contribution in [0.1, 0.15) is 90.9 Å². The summed E-state index contributed by atoms with van der Waals surface area (Å²) in [6.45, 7) is 4.64. The van der Waals surface area contributed by atoms with Crippen molar-refractivity contribution in [2.45, 2.75) is 115 Å². The summed E-state index contributed by atoms with van der Waals surface area (Å²) in [6.07, 6.45) is 7.85. The van der Waals surface area contributed by atoms with Crippen LogP contribution in [0.15, 0.2) is 11.6 Å². The van der Waals surface area contributed by atoms with Gasteiger partial charge in [0.1, 0.15) is 18.1 Å². The first-order chi connectivity index (χ1) is 18.4. The molecule has 9 heteroatoms. The van der Waals surface area contributed by atoms with E-state index in [1.165, 1.54) is 5.57 Å². The lowest BCUT2D eigenvalue weighted by atomic mass is 9.47. The molecule has 39 heavy (non-hydrogen) atoms. The van der Waals surface area contributed by atoms with Crippen LogP contribution in [-0.2, 0) is 28.7 Å². The van der Waals surface area contributed by atoms with Crippen LogP contribution in [0, 0.1) is 34.5 Å². The number of fused-ring (bicyclic) bond motifs is 5. The number of ketones is 1. The molecule has 0 spiro atoms. The summed E-state index contributed by atoms with van der Waals surface area (Å²) in [6, 6.07) is -0.596. The zero-order valence-corrected chi connectivity index (χ0v) is 23.2. The van der Waals surface area contributed by atoms with Gasteiger partial charge in [0, 0.05) is 17.9 Å². The molecule has 10 atom stereocenters. The van der Waals surface area contributed by atoms with Gasteiger partial charge in [-0.2, -0.15) is 0 Å². The van der Waals surface area contributed by atoms with E-state index in [1.807, 2.05) is 6.08 Å². The standard InChI is InChI=1S/C30H44N2O7/c1-29-13-11-17(33)15-16(29)3-4-18-19-5-8-23(30(19,2)14-12-20(18)29)39-25(35)10-9-24(34)38-22-7-6-21(31)27(36)26(22)28(32)37/h15,18-23,26-27,36H,3-14,31H2,1-2H3,(H2,32,37). The second kappa shape index (κ2) is 10.6. The van der Waals surface area contributed by atoms with Crippen LogP contribution in [0.2, 0.25) is 0 Å².